The summed E-state index contributed by atoms with van der Waals surface area (Å²) >= 11 is 0. The average Bonchev–Trinajstić information content (AvgIpc) is 2.89. The third kappa shape index (κ3) is 7.02. The molecule has 1 aliphatic rings. The highest BCUT2D eigenvalue weighted by Gasteiger charge is 2.18. The summed E-state index contributed by atoms with van der Waals surface area (Å²) in [7, 11) is 0. The smallest absolute Gasteiger partial charge is 0.314 e. The van der Waals surface area contributed by atoms with Crippen molar-refractivity contribution >= 4 is 29.3 Å². The predicted molar refractivity (Wildman–Crippen MR) is 142 cm³/mol. The summed E-state index contributed by atoms with van der Waals surface area (Å²) in [6.45, 7) is 6.02. The van der Waals surface area contributed by atoms with Gasteiger partial charge in [0.05, 0.1) is 5.69 Å². The third-order valence-electron chi connectivity index (χ3n) is 6.21. The van der Waals surface area contributed by atoms with Crippen molar-refractivity contribution in [2.45, 2.75) is 26.2 Å². The fourth-order valence-corrected chi connectivity index (χ4v) is 4.12. The first-order chi connectivity index (χ1) is 17.5. The molecule has 36 heavy (non-hydrogen) atoms. The van der Waals surface area contributed by atoms with Crippen molar-refractivity contribution in [2.75, 3.05) is 43.4 Å². The summed E-state index contributed by atoms with van der Waals surface area (Å²) in [4.78, 5) is 36.1. The minimum absolute atomic E-state index is 0.0211. The number of nitrogens with one attached hydrogen (secondary N) is 2. The minimum Gasteiger partial charge on any atom is -0.351 e. The van der Waals surface area contributed by atoms with Crippen molar-refractivity contribution < 1.29 is 9.59 Å². The van der Waals surface area contributed by atoms with Gasteiger partial charge in [0, 0.05) is 62.3 Å². The van der Waals surface area contributed by atoms with Crippen LogP contribution in [0, 0.1) is 0 Å². The number of rotatable bonds is 9. The zero-order chi connectivity index (χ0) is 25.3. The molecule has 1 saturated heterocycles. The molecule has 0 atom stereocenters. The van der Waals surface area contributed by atoms with E-state index in [1.807, 2.05) is 49.4 Å². The van der Waals surface area contributed by atoms with Gasteiger partial charge in [-0.1, -0.05) is 31.2 Å². The zero-order valence-corrected chi connectivity index (χ0v) is 20.6. The van der Waals surface area contributed by atoms with Gasteiger partial charge < -0.3 is 21.3 Å². The maximum atomic E-state index is 11.8. The fraction of sp³-hybridized carbons (Fsp3) is 0.333. The van der Waals surface area contributed by atoms with Crippen LogP contribution in [0.25, 0.3) is 11.3 Å². The first-order valence-electron chi connectivity index (χ1n) is 12.4. The molecular weight excluding hydrogens is 454 g/mol. The van der Waals surface area contributed by atoms with Crippen LogP contribution in [0.2, 0.25) is 0 Å². The molecule has 3 aromatic rings. The summed E-state index contributed by atoms with van der Waals surface area (Å²) < 4.78 is 0. The lowest BCUT2D eigenvalue weighted by molar-refractivity contribution is -0.116. The highest BCUT2D eigenvalue weighted by molar-refractivity contribution is 5.90. The largest absolute Gasteiger partial charge is 0.351 e. The number of anilines is 3. The van der Waals surface area contributed by atoms with Crippen LogP contribution in [-0.4, -0.2) is 64.4 Å². The lowest BCUT2D eigenvalue weighted by atomic mass is 10.1. The van der Waals surface area contributed by atoms with E-state index in [-0.39, 0.29) is 11.9 Å². The highest BCUT2D eigenvalue weighted by Crippen LogP contribution is 2.22. The van der Waals surface area contributed by atoms with Crippen molar-refractivity contribution in [2.24, 2.45) is 5.73 Å². The second-order valence-electron chi connectivity index (χ2n) is 8.88. The van der Waals surface area contributed by atoms with Crippen molar-refractivity contribution in [1.82, 2.24) is 19.8 Å². The molecule has 0 saturated carbocycles. The second kappa shape index (κ2) is 12.1. The molecule has 0 aliphatic carbocycles. The number of aromatic nitrogens is 2. The van der Waals surface area contributed by atoms with Crippen molar-refractivity contribution in [3.8, 4) is 11.3 Å². The topological polar surface area (TPSA) is 116 Å². The van der Waals surface area contributed by atoms with E-state index < -0.39 is 0 Å². The van der Waals surface area contributed by atoms with Crippen LogP contribution in [0.15, 0.2) is 60.8 Å². The van der Waals surface area contributed by atoms with Crippen LogP contribution in [0.1, 0.15) is 25.3 Å². The normalized spacial score (nSPS) is 13.9. The van der Waals surface area contributed by atoms with Gasteiger partial charge in [0.25, 0.3) is 0 Å². The molecule has 0 radical (unpaired) electrons. The molecule has 1 fully saturated rings. The molecule has 4 rings (SSSR count). The predicted octanol–water partition coefficient (Wildman–Crippen LogP) is 3.86. The lowest BCUT2D eigenvalue weighted by Gasteiger charge is -2.33. The van der Waals surface area contributed by atoms with Crippen LogP contribution in [0.5, 0.6) is 0 Å². The Kier molecular flexibility index (Phi) is 8.46. The van der Waals surface area contributed by atoms with Crippen LogP contribution in [0.4, 0.5) is 22.1 Å². The van der Waals surface area contributed by atoms with Crippen LogP contribution < -0.4 is 16.4 Å². The van der Waals surface area contributed by atoms with Gasteiger partial charge in [0.2, 0.25) is 11.9 Å². The Morgan fingerprint density at radius 1 is 0.944 bits per heavy atom. The molecule has 0 unspecified atom stereocenters. The molecule has 1 aliphatic heterocycles. The monoisotopic (exact) mass is 487 g/mol. The number of hydrogen-bond acceptors (Lipinski definition) is 6. The number of carbonyl (C=O) groups excluding carboxylic acids is 2. The summed E-state index contributed by atoms with van der Waals surface area (Å²) in [6, 6.07) is 17.5. The fourth-order valence-electron chi connectivity index (χ4n) is 4.12. The van der Waals surface area contributed by atoms with Crippen molar-refractivity contribution in [3.05, 3.63) is 66.4 Å². The van der Waals surface area contributed by atoms with E-state index in [0.29, 0.717) is 25.5 Å². The van der Waals surface area contributed by atoms with E-state index >= 15 is 0 Å². The number of benzene rings is 2. The van der Waals surface area contributed by atoms with Gasteiger partial charge in [-0.25, -0.2) is 14.8 Å². The molecule has 2 heterocycles. The molecule has 4 N–H and O–H groups in total. The summed E-state index contributed by atoms with van der Waals surface area (Å²) in [5.74, 6) is 0.542. The zero-order valence-electron chi connectivity index (χ0n) is 20.6. The number of nitrogens with two attached hydrogens (primary N) is 1. The number of primary amides is 1. The van der Waals surface area contributed by atoms with Crippen LogP contribution in [0.3, 0.4) is 0 Å². The molecular formula is C27H33N7O2. The number of urea groups is 1. The first kappa shape index (κ1) is 25.1. The third-order valence-corrected chi connectivity index (χ3v) is 6.21. The summed E-state index contributed by atoms with van der Waals surface area (Å²) in [5.41, 5.74) is 10.0. The van der Waals surface area contributed by atoms with E-state index in [2.05, 4.69) is 37.6 Å². The van der Waals surface area contributed by atoms with Gasteiger partial charge >= 0.3 is 6.03 Å². The number of amides is 3. The molecule has 9 heteroatoms. The first-order valence-corrected chi connectivity index (χ1v) is 12.4. The Labute approximate surface area is 211 Å². The van der Waals surface area contributed by atoms with Crippen molar-refractivity contribution in [1.29, 1.82) is 0 Å². The van der Waals surface area contributed by atoms with Crippen LogP contribution in [-0.2, 0) is 11.2 Å². The van der Waals surface area contributed by atoms with E-state index in [4.69, 9.17) is 5.73 Å². The molecule has 0 bridgehead atoms. The number of carbonyl (C=O) groups is 2. The van der Waals surface area contributed by atoms with E-state index in [1.165, 1.54) is 5.56 Å². The molecule has 188 valence electrons. The van der Waals surface area contributed by atoms with Gasteiger partial charge in [-0.15, -0.1) is 0 Å². The summed E-state index contributed by atoms with van der Waals surface area (Å²) in [6.07, 6.45) is 4.01. The Hall–Kier alpha value is -3.98. The maximum Gasteiger partial charge on any atom is 0.314 e. The van der Waals surface area contributed by atoms with Gasteiger partial charge in [-0.2, -0.15) is 0 Å². The van der Waals surface area contributed by atoms with E-state index in [9.17, 15) is 9.59 Å². The number of nitrogens with zero attached hydrogens (tertiary/aromatic N) is 4. The second-order valence-corrected chi connectivity index (χ2v) is 8.88. The van der Waals surface area contributed by atoms with Gasteiger partial charge in [0.15, 0.2) is 0 Å². The van der Waals surface area contributed by atoms with Gasteiger partial charge in [-0.3, -0.25) is 9.69 Å². The van der Waals surface area contributed by atoms with Crippen molar-refractivity contribution in [3.63, 3.8) is 0 Å². The number of piperazine rings is 1. The van der Waals surface area contributed by atoms with E-state index in [0.717, 1.165) is 55.1 Å². The molecule has 1 aromatic heterocycles. The molecule has 3 amide bonds. The maximum absolute atomic E-state index is 11.8. The quantitative estimate of drug-likeness (QED) is 0.422. The number of hydrogen-bond donors (Lipinski definition) is 3. The van der Waals surface area contributed by atoms with Gasteiger partial charge in [0.1, 0.15) is 0 Å². The Balaban J connectivity index is 1.30. The Morgan fingerprint density at radius 3 is 2.31 bits per heavy atom. The minimum atomic E-state index is -0.335. The molecule has 2 aromatic carbocycles. The SMILES string of the molecule is CCCC(=O)Nc1ccc(-c2ccnc(Nc3ccc(CCN4CCN(C(N)=O)CC4)cc3)n2)cc1. The summed E-state index contributed by atoms with van der Waals surface area (Å²) in [5, 5.41) is 6.17. The standard InChI is InChI=1S/C27H33N7O2/c1-2-3-25(35)30-22-10-6-21(7-11-22)24-12-14-29-27(32-24)31-23-8-4-20(5-9-23)13-15-33-16-18-34(19-17-33)26(28)36/h4-12,14H,2-3,13,15-19H2,1H3,(H2,28,36)(H,30,35)(H,29,31,32). The van der Waals surface area contributed by atoms with Gasteiger partial charge in [-0.05, 0) is 48.7 Å². The van der Waals surface area contributed by atoms with E-state index in [1.54, 1.807) is 11.1 Å². The highest BCUT2D eigenvalue weighted by atomic mass is 16.2. The van der Waals surface area contributed by atoms with Crippen LogP contribution >= 0.6 is 0 Å². The average molecular weight is 488 g/mol. The Bertz CT molecular complexity index is 1160. The molecule has 9 nitrogen and oxygen atoms in total. The molecule has 0 spiro atoms. The lowest BCUT2D eigenvalue weighted by Crippen LogP contribution is -2.50. The Morgan fingerprint density at radius 2 is 1.64 bits per heavy atom.